The molecule has 2 fully saturated rings. The van der Waals surface area contributed by atoms with E-state index in [4.69, 9.17) is 11.6 Å². The smallest absolute Gasteiger partial charge is 0.137 e. The third-order valence-corrected chi connectivity index (χ3v) is 3.97. The molecule has 3 rings (SSSR count). The van der Waals surface area contributed by atoms with Gasteiger partial charge in [0.05, 0.1) is 0 Å². The van der Waals surface area contributed by atoms with Crippen molar-refractivity contribution in [1.29, 1.82) is 0 Å². The number of aromatic nitrogens is 2. The van der Waals surface area contributed by atoms with Gasteiger partial charge in [0.2, 0.25) is 0 Å². The quantitative estimate of drug-likeness (QED) is 0.818. The van der Waals surface area contributed by atoms with Crippen LogP contribution in [0.15, 0.2) is 6.33 Å². The summed E-state index contributed by atoms with van der Waals surface area (Å²) in [6, 6.07) is 0.615. The van der Waals surface area contributed by atoms with Gasteiger partial charge in [-0.3, -0.25) is 0 Å². The van der Waals surface area contributed by atoms with Gasteiger partial charge in [0.1, 0.15) is 17.3 Å². The van der Waals surface area contributed by atoms with Crippen LogP contribution in [0.2, 0.25) is 5.15 Å². The van der Waals surface area contributed by atoms with Crippen molar-refractivity contribution in [2.45, 2.75) is 38.6 Å². The summed E-state index contributed by atoms with van der Waals surface area (Å²) in [5.74, 6) is 2.64. The molecule has 0 radical (unpaired) electrons. The number of hydrogen-bond acceptors (Lipinski definition) is 3. The second kappa shape index (κ2) is 3.88. The first-order chi connectivity index (χ1) is 7.75. The molecule has 0 saturated heterocycles. The maximum absolute atomic E-state index is 6.00. The van der Waals surface area contributed by atoms with Crippen LogP contribution < -0.4 is 5.32 Å². The van der Waals surface area contributed by atoms with Crippen LogP contribution in [-0.2, 0) is 0 Å². The summed E-state index contributed by atoms with van der Waals surface area (Å²) in [5.41, 5.74) is 0.968. The van der Waals surface area contributed by atoms with E-state index in [2.05, 4.69) is 15.3 Å². The SMILES string of the molecule is Cc1c(Cl)ncnc1NC(C1CC1)C1CC1. The highest BCUT2D eigenvalue weighted by atomic mass is 35.5. The van der Waals surface area contributed by atoms with E-state index in [9.17, 15) is 0 Å². The van der Waals surface area contributed by atoms with Crippen molar-refractivity contribution in [3.63, 3.8) is 0 Å². The number of hydrogen-bond donors (Lipinski definition) is 1. The Hall–Kier alpha value is -0.830. The van der Waals surface area contributed by atoms with Crippen molar-refractivity contribution in [3.05, 3.63) is 17.0 Å². The van der Waals surface area contributed by atoms with Gasteiger partial charge < -0.3 is 5.32 Å². The Morgan fingerprint density at radius 1 is 1.25 bits per heavy atom. The standard InChI is InChI=1S/C12H16ClN3/c1-7-11(13)14-6-15-12(7)16-10(8-2-3-8)9-4-5-9/h6,8-10H,2-5H2,1H3,(H,14,15,16). The fraction of sp³-hybridized carbons (Fsp3) is 0.667. The van der Waals surface area contributed by atoms with E-state index < -0.39 is 0 Å². The van der Waals surface area contributed by atoms with E-state index in [1.165, 1.54) is 32.0 Å². The van der Waals surface area contributed by atoms with Crippen LogP contribution in [0.3, 0.4) is 0 Å². The van der Waals surface area contributed by atoms with Crippen LogP contribution in [-0.4, -0.2) is 16.0 Å². The number of nitrogens with one attached hydrogen (secondary N) is 1. The molecule has 2 aliphatic carbocycles. The first-order valence-electron chi connectivity index (χ1n) is 5.99. The Kier molecular flexibility index (Phi) is 2.51. The number of halogens is 1. The van der Waals surface area contributed by atoms with Crippen LogP contribution >= 0.6 is 11.6 Å². The minimum Gasteiger partial charge on any atom is -0.366 e. The second-order valence-electron chi connectivity index (χ2n) is 4.98. The van der Waals surface area contributed by atoms with E-state index in [-0.39, 0.29) is 0 Å². The maximum atomic E-state index is 6.00. The van der Waals surface area contributed by atoms with Crippen LogP contribution in [0, 0.1) is 18.8 Å². The topological polar surface area (TPSA) is 37.8 Å². The first-order valence-corrected chi connectivity index (χ1v) is 6.37. The lowest BCUT2D eigenvalue weighted by atomic mass is 10.1. The number of rotatable bonds is 4. The zero-order valence-corrected chi connectivity index (χ0v) is 10.2. The fourth-order valence-corrected chi connectivity index (χ4v) is 2.40. The highest BCUT2D eigenvalue weighted by molar-refractivity contribution is 6.30. The molecule has 86 valence electrons. The first kappa shape index (κ1) is 10.3. The summed E-state index contributed by atoms with van der Waals surface area (Å²) >= 11 is 6.00. The summed E-state index contributed by atoms with van der Waals surface area (Å²) in [4.78, 5) is 8.27. The predicted octanol–water partition coefficient (Wildman–Crippen LogP) is 3.04. The average molecular weight is 238 g/mol. The molecule has 0 bridgehead atoms. The van der Waals surface area contributed by atoms with E-state index in [1.807, 2.05) is 6.92 Å². The summed E-state index contributed by atoms with van der Waals surface area (Å²) < 4.78 is 0. The number of anilines is 1. The Morgan fingerprint density at radius 3 is 2.44 bits per heavy atom. The largest absolute Gasteiger partial charge is 0.366 e. The lowest BCUT2D eigenvalue weighted by Crippen LogP contribution is -2.25. The third-order valence-electron chi connectivity index (χ3n) is 3.59. The van der Waals surface area contributed by atoms with Crippen molar-refractivity contribution in [1.82, 2.24) is 9.97 Å². The molecule has 4 heteroatoms. The zero-order valence-electron chi connectivity index (χ0n) is 9.41. The molecule has 3 nitrogen and oxygen atoms in total. The molecular formula is C12H16ClN3. The molecule has 16 heavy (non-hydrogen) atoms. The minimum absolute atomic E-state index is 0.558. The van der Waals surface area contributed by atoms with Crippen LogP contribution in [0.4, 0.5) is 5.82 Å². The molecule has 1 heterocycles. The lowest BCUT2D eigenvalue weighted by molar-refractivity contribution is 0.565. The maximum Gasteiger partial charge on any atom is 0.137 e. The summed E-state index contributed by atoms with van der Waals surface area (Å²) in [6.07, 6.45) is 7.00. The van der Waals surface area contributed by atoms with Crippen LogP contribution in [0.25, 0.3) is 0 Å². The molecular weight excluding hydrogens is 222 g/mol. The Morgan fingerprint density at radius 2 is 1.88 bits per heavy atom. The normalized spacial score (nSPS) is 20.2. The Bertz CT molecular complexity index is 387. The van der Waals surface area contributed by atoms with Crippen molar-refractivity contribution in [2.24, 2.45) is 11.8 Å². The van der Waals surface area contributed by atoms with Crippen LogP contribution in [0.1, 0.15) is 31.2 Å². The van der Waals surface area contributed by atoms with E-state index in [0.717, 1.165) is 23.2 Å². The van der Waals surface area contributed by atoms with Crippen LogP contribution in [0.5, 0.6) is 0 Å². The van der Waals surface area contributed by atoms with Gasteiger partial charge in [0.25, 0.3) is 0 Å². The van der Waals surface area contributed by atoms with Gasteiger partial charge in [-0.25, -0.2) is 9.97 Å². The van der Waals surface area contributed by atoms with Crippen molar-refractivity contribution in [2.75, 3.05) is 5.32 Å². The van der Waals surface area contributed by atoms with E-state index >= 15 is 0 Å². The molecule has 0 aromatic carbocycles. The van der Waals surface area contributed by atoms with Crippen molar-refractivity contribution >= 4 is 17.4 Å². The van der Waals surface area contributed by atoms with Gasteiger partial charge in [-0.1, -0.05) is 11.6 Å². The molecule has 0 spiro atoms. The number of nitrogens with zero attached hydrogens (tertiary/aromatic N) is 2. The lowest BCUT2D eigenvalue weighted by Gasteiger charge is -2.19. The second-order valence-corrected chi connectivity index (χ2v) is 5.34. The molecule has 1 N–H and O–H groups in total. The molecule has 0 atom stereocenters. The molecule has 0 amide bonds. The molecule has 1 aromatic heterocycles. The van der Waals surface area contributed by atoms with Gasteiger partial charge in [0.15, 0.2) is 0 Å². The fourth-order valence-electron chi connectivity index (χ4n) is 2.26. The van der Waals surface area contributed by atoms with Gasteiger partial charge in [-0.15, -0.1) is 0 Å². The molecule has 0 unspecified atom stereocenters. The van der Waals surface area contributed by atoms with Gasteiger partial charge in [0, 0.05) is 11.6 Å². The van der Waals surface area contributed by atoms with Gasteiger partial charge in [-0.2, -0.15) is 0 Å². The molecule has 0 aliphatic heterocycles. The highest BCUT2D eigenvalue weighted by Gasteiger charge is 2.41. The van der Waals surface area contributed by atoms with Gasteiger partial charge >= 0.3 is 0 Å². The molecule has 2 aliphatic rings. The molecule has 1 aromatic rings. The predicted molar refractivity (Wildman–Crippen MR) is 64.6 cm³/mol. The van der Waals surface area contributed by atoms with Crippen molar-refractivity contribution in [3.8, 4) is 0 Å². The zero-order chi connectivity index (χ0) is 11.1. The van der Waals surface area contributed by atoms with Crippen molar-refractivity contribution < 1.29 is 0 Å². The van der Waals surface area contributed by atoms with E-state index in [0.29, 0.717) is 11.2 Å². The summed E-state index contributed by atoms with van der Waals surface area (Å²) in [6.45, 7) is 1.97. The highest BCUT2D eigenvalue weighted by Crippen LogP contribution is 2.46. The average Bonchev–Trinajstić information content (AvgIpc) is 3.15. The summed E-state index contributed by atoms with van der Waals surface area (Å²) in [5, 5.41) is 4.13. The van der Waals surface area contributed by atoms with Gasteiger partial charge in [-0.05, 0) is 44.4 Å². The van der Waals surface area contributed by atoms with E-state index in [1.54, 1.807) is 0 Å². The minimum atomic E-state index is 0.558. The Balaban J connectivity index is 1.78. The monoisotopic (exact) mass is 237 g/mol. The molecule has 2 saturated carbocycles. The Labute approximate surface area is 101 Å². The summed E-state index contributed by atoms with van der Waals surface area (Å²) in [7, 11) is 0. The third kappa shape index (κ3) is 2.01.